The zero-order valence-corrected chi connectivity index (χ0v) is 9.64. The molecule has 1 aromatic rings. The van der Waals surface area contributed by atoms with Gasteiger partial charge in [0.1, 0.15) is 5.82 Å². The van der Waals surface area contributed by atoms with E-state index in [1.165, 1.54) is 6.08 Å². The number of halogens is 3. The highest BCUT2D eigenvalue weighted by Gasteiger charge is 2.10. The van der Waals surface area contributed by atoms with Gasteiger partial charge in [-0.05, 0) is 6.42 Å². The third-order valence-corrected chi connectivity index (χ3v) is 2.29. The van der Waals surface area contributed by atoms with Crippen molar-refractivity contribution in [2.75, 3.05) is 11.9 Å². The van der Waals surface area contributed by atoms with E-state index in [0.717, 1.165) is 6.07 Å². The van der Waals surface area contributed by atoms with E-state index in [9.17, 15) is 18.0 Å². The zero-order chi connectivity index (χ0) is 13.7. The molecule has 0 aliphatic rings. The average Bonchev–Trinajstić information content (AvgIpc) is 2.30. The molecule has 2 N–H and O–H groups in total. The van der Waals surface area contributed by atoms with E-state index in [1.54, 1.807) is 6.92 Å². The lowest BCUT2D eigenvalue weighted by Crippen LogP contribution is -2.06. The van der Waals surface area contributed by atoms with Gasteiger partial charge in [-0.3, -0.25) is 0 Å². The van der Waals surface area contributed by atoms with Crippen LogP contribution >= 0.6 is 0 Å². The molecule has 0 radical (unpaired) electrons. The predicted molar refractivity (Wildman–Crippen MR) is 60.8 cm³/mol. The van der Waals surface area contributed by atoms with Crippen molar-refractivity contribution in [2.24, 2.45) is 0 Å². The molecule has 18 heavy (non-hydrogen) atoms. The molecule has 0 aliphatic carbocycles. The van der Waals surface area contributed by atoms with E-state index < -0.39 is 23.4 Å². The van der Waals surface area contributed by atoms with Crippen LogP contribution in [0.5, 0.6) is 0 Å². The lowest BCUT2D eigenvalue weighted by molar-refractivity contribution is -0.132. The standard InChI is InChI=1S/C12H12F3NO2/c1-2-7(12(17)18)3-4-16-10-6-8(13)5-9(14)11(10)15/h3,5-6,16H,2,4H2,1H3,(H,17,18)/b7-3-. The van der Waals surface area contributed by atoms with Crippen molar-refractivity contribution >= 4 is 11.7 Å². The van der Waals surface area contributed by atoms with Crippen LogP contribution in [0.4, 0.5) is 18.9 Å². The van der Waals surface area contributed by atoms with Gasteiger partial charge in [0, 0.05) is 24.3 Å². The number of hydrogen-bond donors (Lipinski definition) is 2. The summed E-state index contributed by atoms with van der Waals surface area (Å²) in [5.41, 5.74) is -0.204. The highest BCUT2D eigenvalue weighted by atomic mass is 19.2. The number of aliphatic carboxylic acids is 1. The van der Waals surface area contributed by atoms with Crippen molar-refractivity contribution in [3.8, 4) is 0 Å². The number of rotatable bonds is 5. The molecule has 0 amide bonds. The molecule has 0 aromatic heterocycles. The van der Waals surface area contributed by atoms with E-state index in [0.29, 0.717) is 12.5 Å². The van der Waals surface area contributed by atoms with Crippen LogP contribution in [0, 0.1) is 17.5 Å². The molecule has 0 unspecified atom stereocenters. The maximum Gasteiger partial charge on any atom is 0.331 e. The predicted octanol–water partition coefficient (Wildman–Crippen LogP) is 2.94. The van der Waals surface area contributed by atoms with Crippen molar-refractivity contribution in [2.45, 2.75) is 13.3 Å². The first-order valence-corrected chi connectivity index (χ1v) is 5.26. The minimum atomic E-state index is -1.30. The minimum Gasteiger partial charge on any atom is -0.478 e. The fourth-order valence-electron chi connectivity index (χ4n) is 1.35. The first-order valence-electron chi connectivity index (χ1n) is 5.26. The van der Waals surface area contributed by atoms with Gasteiger partial charge in [0.25, 0.3) is 0 Å². The lowest BCUT2D eigenvalue weighted by Gasteiger charge is -2.06. The molecule has 0 saturated heterocycles. The van der Waals surface area contributed by atoms with Gasteiger partial charge in [0.05, 0.1) is 5.69 Å². The smallest absolute Gasteiger partial charge is 0.331 e. The molecule has 0 fully saturated rings. The summed E-state index contributed by atoms with van der Waals surface area (Å²) in [6.07, 6.45) is 1.63. The molecule has 98 valence electrons. The number of carbonyl (C=O) groups is 1. The maximum atomic E-state index is 13.2. The summed E-state index contributed by atoms with van der Waals surface area (Å²) in [7, 11) is 0. The van der Waals surface area contributed by atoms with Crippen LogP contribution < -0.4 is 5.32 Å². The molecular weight excluding hydrogens is 247 g/mol. The molecule has 0 bridgehead atoms. The van der Waals surface area contributed by atoms with Crippen molar-refractivity contribution in [1.29, 1.82) is 0 Å². The van der Waals surface area contributed by atoms with Crippen LogP contribution in [-0.2, 0) is 4.79 Å². The van der Waals surface area contributed by atoms with E-state index in [4.69, 9.17) is 5.11 Å². The molecule has 0 heterocycles. The summed E-state index contributed by atoms with van der Waals surface area (Å²) in [5, 5.41) is 11.1. The van der Waals surface area contributed by atoms with Gasteiger partial charge in [-0.2, -0.15) is 0 Å². The Morgan fingerprint density at radius 3 is 2.61 bits per heavy atom. The van der Waals surface area contributed by atoms with E-state index in [-0.39, 0.29) is 17.8 Å². The largest absolute Gasteiger partial charge is 0.478 e. The monoisotopic (exact) mass is 259 g/mol. The summed E-state index contributed by atoms with van der Waals surface area (Å²) in [5.74, 6) is -4.48. The van der Waals surface area contributed by atoms with E-state index in [1.807, 2.05) is 0 Å². The van der Waals surface area contributed by atoms with Gasteiger partial charge in [-0.1, -0.05) is 13.0 Å². The number of hydrogen-bond acceptors (Lipinski definition) is 2. The highest BCUT2D eigenvalue weighted by molar-refractivity contribution is 5.86. The number of anilines is 1. The van der Waals surface area contributed by atoms with Crippen LogP contribution in [0.25, 0.3) is 0 Å². The van der Waals surface area contributed by atoms with Gasteiger partial charge in [-0.25, -0.2) is 18.0 Å². The van der Waals surface area contributed by atoms with Crippen molar-refractivity contribution in [1.82, 2.24) is 0 Å². The Hall–Kier alpha value is -1.98. The first kappa shape index (κ1) is 14.1. The van der Waals surface area contributed by atoms with Gasteiger partial charge in [0.2, 0.25) is 0 Å². The maximum absolute atomic E-state index is 13.2. The van der Waals surface area contributed by atoms with E-state index in [2.05, 4.69) is 5.32 Å². The van der Waals surface area contributed by atoms with Crippen LogP contribution in [0.2, 0.25) is 0 Å². The molecular formula is C12H12F3NO2. The van der Waals surface area contributed by atoms with Crippen molar-refractivity contribution < 1.29 is 23.1 Å². The molecule has 0 saturated carbocycles. The summed E-state index contributed by atoms with van der Waals surface area (Å²) in [4.78, 5) is 10.7. The third kappa shape index (κ3) is 3.51. The van der Waals surface area contributed by atoms with Gasteiger partial charge in [-0.15, -0.1) is 0 Å². The summed E-state index contributed by atoms with van der Waals surface area (Å²) in [6, 6.07) is 1.24. The molecule has 0 atom stereocenters. The Morgan fingerprint density at radius 1 is 1.39 bits per heavy atom. The van der Waals surface area contributed by atoms with Gasteiger partial charge < -0.3 is 10.4 Å². The first-order chi connectivity index (χ1) is 8.45. The van der Waals surface area contributed by atoms with E-state index >= 15 is 0 Å². The molecule has 0 aliphatic heterocycles. The molecule has 0 spiro atoms. The molecule has 3 nitrogen and oxygen atoms in total. The number of carboxylic acids is 1. The zero-order valence-electron chi connectivity index (χ0n) is 9.64. The fourth-order valence-corrected chi connectivity index (χ4v) is 1.35. The molecule has 1 aromatic carbocycles. The average molecular weight is 259 g/mol. The Morgan fingerprint density at radius 2 is 2.06 bits per heavy atom. The van der Waals surface area contributed by atoms with Crippen molar-refractivity contribution in [3.05, 3.63) is 41.2 Å². The van der Waals surface area contributed by atoms with Crippen molar-refractivity contribution in [3.63, 3.8) is 0 Å². The third-order valence-electron chi connectivity index (χ3n) is 2.29. The number of carboxylic acid groups (broad SMARTS) is 1. The Labute approximate surface area is 102 Å². The lowest BCUT2D eigenvalue weighted by atomic mass is 10.2. The summed E-state index contributed by atoms with van der Waals surface area (Å²) >= 11 is 0. The second-order valence-corrected chi connectivity index (χ2v) is 3.52. The SMILES string of the molecule is CC/C(=C/CNc1cc(F)cc(F)c1F)C(=O)O. The number of benzene rings is 1. The molecule has 6 heteroatoms. The second kappa shape index (κ2) is 6.09. The topological polar surface area (TPSA) is 49.3 Å². The molecule has 1 rings (SSSR count). The Balaban J connectivity index is 2.78. The van der Waals surface area contributed by atoms with Gasteiger partial charge >= 0.3 is 5.97 Å². The normalized spacial score (nSPS) is 11.4. The van der Waals surface area contributed by atoms with Crippen LogP contribution in [0.1, 0.15) is 13.3 Å². The van der Waals surface area contributed by atoms with Crippen LogP contribution in [-0.4, -0.2) is 17.6 Å². The Bertz CT molecular complexity index is 486. The highest BCUT2D eigenvalue weighted by Crippen LogP contribution is 2.18. The fraction of sp³-hybridized carbons (Fsp3) is 0.250. The minimum absolute atomic E-state index is 0.0325. The summed E-state index contributed by atoms with van der Waals surface area (Å²) in [6.45, 7) is 1.62. The van der Waals surface area contributed by atoms with Crippen LogP contribution in [0.3, 0.4) is 0 Å². The number of nitrogens with one attached hydrogen (secondary N) is 1. The second-order valence-electron chi connectivity index (χ2n) is 3.52. The van der Waals surface area contributed by atoms with Crippen LogP contribution in [0.15, 0.2) is 23.8 Å². The van der Waals surface area contributed by atoms with Gasteiger partial charge in [0.15, 0.2) is 11.6 Å². The Kier molecular flexibility index (Phi) is 4.76. The quantitative estimate of drug-likeness (QED) is 0.631. The summed E-state index contributed by atoms with van der Waals surface area (Å²) < 4.78 is 38.9.